The lowest BCUT2D eigenvalue weighted by atomic mass is 9.77. The van der Waals surface area contributed by atoms with Crippen LogP contribution in [0, 0.1) is 11.3 Å². The van der Waals surface area contributed by atoms with Gasteiger partial charge in [-0.2, -0.15) is 0 Å². The van der Waals surface area contributed by atoms with Gasteiger partial charge in [0.1, 0.15) is 0 Å². The van der Waals surface area contributed by atoms with Crippen LogP contribution in [0.3, 0.4) is 0 Å². The lowest BCUT2D eigenvalue weighted by Crippen LogP contribution is -2.42. The average Bonchev–Trinajstić information content (AvgIpc) is 3.86. The number of rotatable bonds is 6. The molecular weight excluding hydrogens is 825 g/mol. The van der Waals surface area contributed by atoms with Crippen LogP contribution in [-0.2, 0) is 5.41 Å². The highest BCUT2D eigenvalue weighted by Crippen LogP contribution is 2.54. The van der Waals surface area contributed by atoms with Crippen molar-refractivity contribution in [2.75, 3.05) is 9.80 Å². The number of allylic oxidation sites excluding steroid dienone is 5. The van der Waals surface area contributed by atoms with E-state index < -0.39 is 0 Å². The van der Waals surface area contributed by atoms with Crippen molar-refractivity contribution in [3.63, 3.8) is 0 Å². The second kappa shape index (κ2) is 14.7. The predicted octanol–water partition coefficient (Wildman–Crippen LogP) is 18.7. The number of hydrogen-bond acceptors (Lipinski definition) is 4. The van der Waals surface area contributed by atoms with Crippen molar-refractivity contribution in [2.24, 2.45) is 11.3 Å². The molecule has 65 heavy (non-hydrogen) atoms. The van der Waals surface area contributed by atoms with E-state index >= 15 is 0 Å². The van der Waals surface area contributed by atoms with Crippen LogP contribution >= 0.6 is 22.7 Å². The minimum Gasteiger partial charge on any atom is -0.332 e. The summed E-state index contributed by atoms with van der Waals surface area (Å²) in [6.07, 6.45) is 13.3. The SMILES string of the molecule is CC1=CC(C)(C)C(N(c2cc(N(C3=CCC(C)C=C3C)c3cccc4c3sc3ccccc34)c3ccc4cc(C(C)(C)C)cc5ccc2c3c45)c2cccc3c2sc2ccccc23)C=C1. The van der Waals surface area contributed by atoms with Gasteiger partial charge in [0.15, 0.2) is 0 Å². The topological polar surface area (TPSA) is 6.48 Å². The van der Waals surface area contributed by atoms with Crippen LogP contribution in [0.5, 0.6) is 0 Å². The van der Waals surface area contributed by atoms with Crippen molar-refractivity contribution >= 4 is 118 Å². The van der Waals surface area contributed by atoms with E-state index in [9.17, 15) is 0 Å². The first-order valence-electron chi connectivity index (χ1n) is 23.3. The summed E-state index contributed by atoms with van der Waals surface area (Å²) in [6.45, 7) is 18.7. The first-order chi connectivity index (χ1) is 31.3. The van der Waals surface area contributed by atoms with E-state index in [0.29, 0.717) is 5.92 Å². The Morgan fingerprint density at radius 2 is 1.18 bits per heavy atom. The molecule has 2 aromatic heterocycles. The van der Waals surface area contributed by atoms with Crippen molar-refractivity contribution in [1.82, 2.24) is 0 Å². The average molecular weight is 879 g/mol. The molecule has 10 aromatic rings. The second-order valence-corrected chi connectivity index (χ2v) is 22.5. The second-order valence-electron chi connectivity index (χ2n) is 20.4. The third-order valence-electron chi connectivity index (χ3n) is 14.4. The first kappa shape index (κ1) is 40.3. The molecule has 0 bridgehead atoms. The highest BCUT2D eigenvalue weighted by Gasteiger charge is 2.37. The van der Waals surface area contributed by atoms with Crippen LogP contribution < -0.4 is 9.80 Å². The molecule has 0 saturated carbocycles. The third-order valence-corrected chi connectivity index (χ3v) is 16.8. The molecule has 4 heteroatoms. The fraction of sp³-hybridized carbons (Fsp3) is 0.213. The summed E-state index contributed by atoms with van der Waals surface area (Å²) in [5.74, 6) is 0.476. The minimum atomic E-state index is -0.187. The minimum absolute atomic E-state index is 0.0131. The van der Waals surface area contributed by atoms with Gasteiger partial charge in [-0.3, -0.25) is 0 Å². The maximum atomic E-state index is 2.73. The Labute approximate surface area is 390 Å². The van der Waals surface area contributed by atoms with Crippen molar-refractivity contribution in [1.29, 1.82) is 0 Å². The monoisotopic (exact) mass is 878 g/mol. The summed E-state index contributed by atoms with van der Waals surface area (Å²) in [7, 11) is 0. The maximum absolute atomic E-state index is 2.73. The van der Waals surface area contributed by atoms with Gasteiger partial charge in [-0.15, -0.1) is 22.7 Å². The summed E-state index contributed by atoms with van der Waals surface area (Å²) in [4.78, 5) is 5.38. The molecule has 2 nitrogen and oxygen atoms in total. The van der Waals surface area contributed by atoms with Crippen LogP contribution in [0.15, 0.2) is 175 Å². The van der Waals surface area contributed by atoms with Crippen molar-refractivity contribution < 1.29 is 0 Å². The Balaban J connectivity index is 1.25. The van der Waals surface area contributed by atoms with Gasteiger partial charge in [0.25, 0.3) is 0 Å². The molecule has 0 saturated heterocycles. The van der Waals surface area contributed by atoms with Gasteiger partial charge in [-0.05, 0) is 89.2 Å². The number of thiophene rings is 2. The number of anilines is 4. The Hall–Kier alpha value is -6.20. The highest BCUT2D eigenvalue weighted by atomic mass is 32.1. The Morgan fingerprint density at radius 3 is 1.80 bits per heavy atom. The van der Waals surface area contributed by atoms with E-state index in [2.05, 4.69) is 223 Å². The molecule has 2 aliphatic rings. The molecule has 2 unspecified atom stereocenters. The van der Waals surface area contributed by atoms with Crippen LogP contribution in [0.2, 0.25) is 0 Å². The Morgan fingerprint density at radius 1 is 0.600 bits per heavy atom. The first-order valence-corrected chi connectivity index (χ1v) is 24.9. The van der Waals surface area contributed by atoms with Gasteiger partial charge in [0.05, 0.1) is 38.2 Å². The summed E-state index contributed by atoms with van der Waals surface area (Å²) >= 11 is 3.84. The standard InChI is InChI=1S/C61H54N2S2/c1-36-23-29-48(38(3)31-36)62(49-19-13-17-44-42-15-9-11-21-53(42)64-58(44)49)51-34-52(47-28-26-40-33-41(60(4,5)6)32-39-25-27-46(51)57(47)56(39)40)63(55-30-24-37(2)35-61(55,7)8)50-20-14-18-45-43-16-10-12-22-54(43)65-59(45)50/h9-22,24-36,55H,23H2,1-8H3. The van der Waals surface area contributed by atoms with E-state index in [4.69, 9.17) is 0 Å². The molecule has 0 radical (unpaired) electrons. The van der Waals surface area contributed by atoms with Gasteiger partial charge in [0, 0.05) is 58.2 Å². The van der Waals surface area contributed by atoms with E-state index in [1.807, 2.05) is 22.7 Å². The summed E-state index contributed by atoms with van der Waals surface area (Å²) in [5.41, 5.74) is 9.97. The largest absolute Gasteiger partial charge is 0.332 e. The lowest BCUT2D eigenvalue weighted by molar-refractivity contribution is 0.413. The predicted molar refractivity (Wildman–Crippen MR) is 288 cm³/mol. The zero-order chi connectivity index (χ0) is 44.5. The molecule has 0 N–H and O–H groups in total. The molecule has 12 rings (SSSR count). The van der Waals surface area contributed by atoms with Crippen LogP contribution in [0.25, 0.3) is 72.7 Å². The normalized spacial score (nSPS) is 17.8. The summed E-state index contributed by atoms with van der Waals surface area (Å²) < 4.78 is 5.27. The van der Waals surface area contributed by atoms with Crippen molar-refractivity contribution in [3.05, 3.63) is 180 Å². The van der Waals surface area contributed by atoms with Gasteiger partial charge in [-0.1, -0.05) is 175 Å². The summed E-state index contributed by atoms with van der Waals surface area (Å²) in [6, 6.07) is 49.0. The molecule has 2 atom stereocenters. The van der Waals surface area contributed by atoms with E-state index in [1.165, 1.54) is 118 Å². The van der Waals surface area contributed by atoms with E-state index in [-0.39, 0.29) is 16.9 Å². The van der Waals surface area contributed by atoms with Crippen molar-refractivity contribution in [2.45, 2.75) is 73.3 Å². The van der Waals surface area contributed by atoms with Gasteiger partial charge >= 0.3 is 0 Å². The molecule has 2 heterocycles. The molecule has 0 spiro atoms. The van der Waals surface area contributed by atoms with E-state index in [1.54, 1.807) is 0 Å². The van der Waals surface area contributed by atoms with Gasteiger partial charge in [0.2, 0.25) is 0 Å². The Kier molecular flexibility index (Phi) is 9.09. The maximum Gasteiger partial charge on any atom is 0.0640 e. The zero-order valence-electron chi connectivity index (χ0n) is 38.6. The number of nitrogens with zero attached hydrogens (tertiary/aromatic N) is 2. The third kappa shape index (κ3) is 6.32. The fourth-order valence-electron chi connectivity index (χ4n) is 11.3. The molecule has 320 valence electrons. The quantitative estimate of drug-likeness (QED) is 0.154. The number of hydrogen-bond donors (Lipinski definition) is 0. The number of fused-ring (bicyclic) bond motifs is 6. The van der Waals surface area contributed by atoms with Crippen LogP contribution in [0.4, 0.5) is 22.7 Å². The molecular formula is C61H54N2S2. The summed E-state index contributed by atoms with van der Waals surface area (Å²) in [5, 5.41) is 13.0. The molecule has 0 aliphatic heterocycles. The van der Waals surface area contributed by atoms with E-state index in [0.717, 1.165) is 6.42 Å². The van der Waals surface area contributed by atoms with Crippen molar-refractivity contribution in [3.8, 4) is 0 Å². The zero-order valence-corrected chi connectivity index (χ0v) is 40.2. The van der Waals surface area contributed by atoms with Crippen LogP contribution in [-0.4, -0.2) is 6.04 Å². The fourth-order valence-corrected chi connectivity index (χ4v) is 13.7. The van der Waals surface area contributed by atoms with Gasteiger partial charge < -0.3 is 9.80 Å². The smallest absolute Gasteiger partial charge is 0.0640 e. The van der Waals surface area contributed by atoms with Gasteiger partial charge in [-0.25, -0.2) is 0 Å². The Bertz CT molecular complexity index is 3690. The molecule has 8 aromatic carbocycles. The van der Waals surface area contributed by atoms with Crippen LogP contribution in [0.1, 0.15) is 67.4 Å². The highest BCUT2D eigenvalue weighted by molar-refractivity contribution is 7.26. The lowest BCUT2D eigenvalue weighted by Gasteiger charge is -2.43. The molecule has 0 fully saturated rings. The number of benzene rings is 8. The molecule has 0 amide bonds. The molecule has 2 aliphatic carbocycles.